The maximum Gasteiger partial charge on any atom is 0.253 e. The number of benzene rings is 2. The summed E-state index contributed by atoms with van der Waals surface area (Å²) >= 11 is 0. The minimum Gasteiger partial charge on any atom is -0.368 e. The van der Waals surface area contributed by atoms with E-state index in [9.17, 15) is 4.79 Å². The summed E-state index contributed by atoms with van der Waals surface area (Å²) in [4.78, 5) is 23.5. The molecule has 3 rings (SSSR count). The molecule has 0 aliphatic carbocycles. The van der Waals surface area contributed by atoms with Crippen molar-refractivity contribution in [3.8, 4) is 0 Å². The van der Waals surface area contributed by atoms with Gasteiger partial charge in [-0.1, -0.05) is 24.3 Å². The lowest BCUT2D eigenvalue weighted by Crippen LogP contribution is -2.52. The zero-order chi connectivity index (χ0) is 22.2. The first-order valence-electron chi connectivity index (χ1n) is 11.1. The molecule has 7 heteroatoms. The van der Waals surface area contributed by atoms with E-state index in [0.717, 1.165) is 56.2 Å². The summed E-state index contributed by atoms with van der Waals surface area (Å²) in [5.41, 5.74) is 4.46. The van der Waals surface area contributed by atoms with Gasteiger partial charge >= 0.3 is 0 Å². The molecule has 1 N–H and O–H groups in total. The van der Waals surface area contributed by atoms with Crippen LogP contribution in [0, 0.1) is 6.92 Å². The second kappa shape index (κ2) is 12.7. The van der Waals surface area contributed by atoms with E-state index < -0.39 is 0 Å². The van der Waals surface area contributed by atoms with E-state index in [4.69, 9.17) is 4.99 Å². The zero-order valence-corrected chi connectivity index (χ0v) is 22.0. The molecule has 0 aromatic heterocycles. The average molecular weight is 550 g/mol. The number of carbonyl (C=O) groups excluding carboxylic acids is 1. The number of rotatable bonds is 6. The van der Waals surface area contributed by atoms with Crippen molar-refractivity contribution in [1.82, 2.24) is 15.1 Å². The lowest BCUT2D eigenvalue weighted by Gasteiger charge is -2.37. The van der Waals surface area contributed by atoms with Crippen molar-refractivity contribution in [2.45, 2.75) is 20.3 Å². The third-order valence-corrected chi connectivity index (χ3v) is 5.52. The molecule has 174 valence electrons. The van der Waals surface area contributed by atoms with Gasteiger partial charge in [0.25, 0.3) is 5.91 Å². The largest absolute Gasteiger partial charge is 0.368 e. The fourth-order valence-electron chi connectivity index (χ4n) is 3.84. The van der Waals surface area contributed by atoms with Gasteiger partial charge in [0, 0.05) is 64.6 Å². The van der Waals surface area contributed by atoms with Crippen LogP contribution in [-0.2, 0) is 6.42 Å². The van der Waals surface area contributed by atoms with Crippen LogP contribution >= 0.6 is 24.0 Å². The van der Waals surface area contributed by atoms with Crippen molar-refractivity contribution < 1.29 is 4.79 Å². The van der Waals surface area contributed by atoms with Crippen molar-refractivity contribution in [1.29, 1.82) is 0 Å². The molecule has 1 fully saturated rings. The predicted octanol–water partition coefficient (Wildman–Crippen LogP) is 3.65. The predicted molar refractivity (Wildman–Crippen MR) is 145 cm³/mol. The molecule has 6 nitrogen and oxygen atoms in total. The van der Waals surface area contributed by atoms with E-state index in [1.807, 2.05) is 18.2 Å². The van der Waals surface area contributed by atoms with Crippen LogP contribution in [0.5, 0.6) is 0 Å². The van der Waals surface area contributed by atoms with Gasteiger partial charge in [-0.05, 0) is 55.7 Å². The Morgan fingerprint density at radius 3 is 2.44 bits per heavy atom. The van der Waals surface area contributed by atoms with E-state index in [2.05, 4.69) is 59.3 Å². The first-order chi connectivity index (χ1) is 15.0. The Morgan fingerprint density at radius 1 is 1.06 bits per heavy atom. The van der Waals surface area contributed by atoms with E-state index in [1.54, 1.807) is 19.0 Å². The van der Waals surface area contributed by atoms with E-state index in [0.29, 0.717) is 6.54 Å². The molecule has 0 bridgehead atoms. The third kappa shape index (κ3) is 7.12. The molecule has 2 aromatic carbocycles. The van der Waals surface area contributed by atoms with Gasteiger partial charge in [0.05, 0.1) is 0 Å². The average Bonchev–Trinajstić information content (AvgIpc) is 2.78. The number of anilines is 1. The highest BCUT2D eigenvalue weighted by Gasteiger charge is 2.19. The van der Waals surface area contributed by atoms with Crippen molar-refractivity contribution in [3.63, 3.8) is 0 Å². The van der Waals surface area contributed by atoms with Gasteiger partial charge in [-0.15, -0.1) is 24.0 Å². The smallest absolute Gasteiger partial charge is 0.253 e. The van der Waals surface area contributed by atoms with Crippen LogP contribution in [-0.4, -0.2) is 75.0 Å². The summed E-state index contributed by atoms with van der Waals surface area (Å²) in [7, 11) is 3.56. The quantitative estimate of drug-likeness (QED) is 0.340. The second-order valence-electron chi connectivity index (χ2n) is 8.20. The molecule has 1 saturated heterocycles. The van der Waals surface area contributed by atoms with Crippen LogP contribution in [0.15, 0.2) is 53.5 Å². The van der Waals surface area contributed by atoms with Crippen LogP contribution in [0.3, 0.4) is 0 Å². The minimum atomic E-state index is 0. The molecule has 1 aliphatic heterocycles. The highest BCUT2D eigenvalue weighted by atomic mass is 127. The molecule has 1 heterocycles. The molecule has 1 amide bonds. The number of piperazine rings is 1. The standard InChI is InChI=1S/C25H35N5O.HI/c1-5-26-25(27-13-12-21-9-7-10-22(19-21)24(31)28(3)4)30-16-14-29(15-17-30)23-11-6-8-20(2)18-23;/h6-11,18-19H,5,12-17H2,1-4H3,(H,26,27);1H. The van der Waals surface area contributed by atoms with Gasteiger partial charge in [-0.3, -0.25) is 9.79 Å². The Hall–Kier alpha value is -2.29. The Balaban J connectivity index is 0.00000363. The summed E-state index contributed by atoms with van der Waals surface area (Å²) < 4.78 is 0. The zero-order valence-electron chi connectivity index (χ0n) is 19.7. The summed E-state index contributed by atoms with van der Waals surface area (Å²) in [6.45, 7) is 9.67. The summed E-state index contributed by atoms with van der Waals surface area (Å²) in [5, 5.41) is 3.44. The topological polar surface area (TPSA) is 51.2 Å². The number of halogens is 1. The highest BCUT2D eigenvalue weighted by Crippen LogP contribution is 2.18. The molecule has 1 aliphatic rings. The number of aryl methyl sites for hydroxylation is 1. The van der Waals surface area contributed by atoms with Gasteiger partial charge in [0.15, 0.2) is 5.96 Å². The van der Waals surface area contributed by atoms with E-state index >= 15 is 0 Å². The van der Waals surface area contributed by atoms with Gasteiger partial charge in [0.2, 0.25) is 0 Å². The number of nitrogens with zero attached hydrogens (tertiary/aromatic N) is 4. The lowest BCUT2D eigenvalue weighted by molar-refractivity contribution is 0.0827. The lowest BCUT2D eigenvalue weighted by atomic mass is 10.1. The van der Waals surface area contributed by atoms with Crippen molar-refractivity contribution in [3.05, 3.63) is 65.2 Å². The fraction of sp³-hybridized carbons (Fsp3) is 0.440. The monoisotopic (exact) mass is 549 g/mol. The fourth-order valence-corrected chi connectivity index (χ4v) is 3.84. The Kier molecular flexibility index (Phi) is 10.3. The van der Waals surface area contributed by atoms with Crippen LogP contribution in [0.1, 0.15) is 28.4 Å². The molecule has 0 radical (unpaired) electrons. The van der Waals surface area contributed by atoms with Gasteiger partial charge in [-0.25, -0.2) is 0 Å². The van der Waals surface area contributed by atoms with Crippen LogP contribution in [0.4, 0.5) is 5.69 Å². The molecule has 0 atom stereocenters. The van der Waals surface area contributed by atoms with Gasteiger partial charge < -0.3 is 20.0 Å². The number of hydrogen-bond donors (Lipinski definition) is 1. The van der Waals surface area contributed by atoms with Crippen LogP contribution in [0.25, 0.3) is 0 Å². The van der Waals surface area contributed by atoms with Crippen molar-refractivity contribution >= 4 is 41.5 Å². The molecular formula is C25H36IN5O. The first-order valence-corrected chi connectivity index (χ1v) is 11.1. The van der Waals surface area contributed by atoms with Crippen molar-refractivity contribution in [2.75, 3.05) is 58.3 Å². The van der Waals surface area contributed by atoms with E-state index in [-0.39, 0.29) is 29.9 Å². The minimum absolute atomic E-state index is 0. The number of carbonyl (C=O) groups is 1. The summed E-state index contributed by atoms with van der Waals surface area (Å²) in [6.07, 6.45) is 0.812. The van der Waals surface area contributed by atoms with Crippen LogP contribution < -0.4 is 10.2 Å². The molecule has 0 unspecified atom stereocenters. The maximum absolute atomic E-state index is 12.2. The number of hydrogen-bond acceptors (Lipinski definition) is 3. The second-order valence-corrected chi connectivity index (χ2v) is 8.20. The first kappa shape index (κ1) is 26.0. The molecule has 0 spiro atoms. The SMILES string of the molecule is CCNC(=NCCc1cccc(C(=O)N(C)C)c1)N1CCN(c2cccc(C)c2)CC1.I. The number of guanidine groups is 1. The van der Waals surface area contributed by atoms with Crippen LogP contribution in [0.2, 0.25) is 0 Å². The number of amides is 1. The third-order valence-electron chi connectivity index (χ3n) is 5.52. The Labute approximate surface area is 209 Å². The maximum atomic E-state index is 12.2. The summed E-state index contributed by atoms with van der Waals surface area (Å²) in [6, 6.07) is 16.6. The van der Waals surface area contributed by atoms with Gasteiger partial charge in [-0.2, -0.15) is 0 Å². The van der Waals surface area contributed by atoms with Crippen molar-refractivity contribution in [2.24, 2.45) is 4.99 Å². The number of nitrogens with one attached hydrogen (secondary N) is 1. The molecule has 0 saturated carbocycles. The Morgan fingerprint density at radius 2 is 1.78 bits per heavy atom. The highest BCUT2D eigenvalue weighted by molar-refractivity contribution is 14.0. The molecular weight excluding hydrogens is 513 g/mol. The normalized spacial score (nSPS) is 14.1. The molecule has 32 heavy (non-hydrogen) atoms. The van der Waals surface area contributed by atoms with E-state index in [1.165, 1.54) is 11.3 Å². The summed E-state index contributed by atoms with van der Waals surface area (Å²) in [5.74, 6) is 1.01. The van der Waals surface area contributed by atoms with Gasteiger partial charge in [0.1, 0.15) is 0 Å². The molecule has 2 aromatic rings. The Bertz CT molecular complexity index is 907. The number of aliphatic imine (C=N–C) groups is 1.